The maximum atomic E-state index is 12.3. The molecule has 1 aromatic heterocycles. The average Bonchev–Trinajstić information content (AvgIpc) is 2.73. The number of carbonyl (C=O) groups is 2. The Morgan fingerprint density at radius 2 is 1.77 bits per heavy atom. The minimum absolute atomic E-state index is 0.391. The minimum Gasteiger partial charge on any atom is -0.479 e. The summed E-state index contributed by atoms with van der Waals surface area (Å²) < 4.78 is 2.40. The molecule has 0 aliphatic carbocycles. The summed E-state index contributed by atoms with van der Waals surface area (Å²) in [6, 6.07) is 6.06. The largest absolute Gasteiger partial charge is 0.479 e. The number of carboxylic acid groups (broad SMARTS) is 1. The number of carbonyl (C=O) groups excluding carboxylic acids is 1. The molecule has 0 bridgehead atoms. The van der Waals surface area contributed by atoms with Crippen molar-refractivity contribution in [2.75, 3.05) is 0 Å². The zero-order valence-electron chi connectivity index (χ0n) is 12.6. The Morgan fingerprint density at radius 1 is 1.18 bits per heavy atom. The molecule has 1 atom stereocenters. The minimum atomic E-state index is -1.09. The molecule has 1 aromatic carbocycles. The van der Waals surface area contributed by atoms with Gasteiger partial charge in [0.15, 0.2) is 6.04 Å². The van der Waals surface area contributed by atoms with Crippen LogP contribution in [-0.4, -0.2) is 21.6 Å². The number of carboxylic acids is 1. The van der Waals surface area contributed by atoms with Gasteiger partial charge in [-0.3, -0.25) is 4.79 Å². The number of hydrogen-bond donors (Lipinski definition) is 2. The third-order valence-electron chi connectivity index (χ3n) is 3.30. The standard InChI is InChI=1S/C16H17BrN2O3/c1-9-4-10(2)6-11(5-9)14(16(21)22)18-15(20)13-7-12(17)8-19(13)3/h4-8,14H,1-3H3,(H,18,20)(H,21,22). The zero-order valence-corrected chi connectivity index (χ0v) is 14.1. The van der Waals surface area contributed by atoms with Crippen LogP contribution in [0, 0.1) is 13.8 Å². The van der Waals surface area contributed by atoms with Crippen LogP contribution in [0.15, 0.2) is 34.9 Å². The molecule has 1 amide bonds. The molecule has 0 saturated heterocycles. The summed E-state index contributed by atoms with van der Waals surface area (Å²) in [5.41, 5.74) is 2.86. The van der Waals surface area contributed by atoms with Gasteiger partial charge in [-0.2, -0.15) is 0 Å². The first-order valence-electron chi connectivity index (χ1n) is 6.71. The quantitative estimate of drug-likeness (QED) is 0.875. The number of hydrogen-bond acceptors (Lipinski definition) is 2. The van der Waals surface area contributed by atoms with E-state index in [0.717, 1.165) is 15.6 Å². The number of aromatic nitrogens is 1. The highest BCUT2D eigenvalue weighted by Gasteiger charge is 2.24. The number of rotatable bonds is 4. The number of nitrogens with zero attached hydrogens (tertiary/aromatic N) is 1. The first-order chi connectivity index (χ1) is 10.3. The second-order valence-electron chi connectivity index (χ2n) is 5.32. The summed E-state index contributed by atoms with van der Waals surface area (Å²) in [5, 5.41) is 12.0. The van der Waals surface area contributed by atoms with Gasteiger partial charge in [0.2, 0.25) is 0 Å². The molecule has 22 heavy (non-hydrogen) atoms. The fraction of sp³-hybridized carbons (Fsp3) is 0.250. The topological polar surface area (TPSA) is 71.3 Å². The summed E-state index contributed by atoms with van der Waals surface area (Å²) >= 11 is 3.29. The molecule has 1 unspecified atom stereocenters. The van der Waals surface area contributed by atoms with E-state index in [2.05, 4.69) is 21.2 Å². The molecule has 116 valence electrons. The molecule has 5 nitrogen and oxygen atoms in total. The van der Waals surface area contributed by atoms with Crippen molar-refractivity contribution in [2.24, 2.45) is 7.05 Å². The van der Waals surface area contributed by atoms with Crippen LogP contribution in [0.5, 0.6) is 0 Å². The van der Waals surface area contributed by atoms with Crippen LogP contribution in [0.3, 0.4) is 0 Å². The molecule has 6 heteroatoms. The van der Waals surface area contributed by atoms with Crippen molar-refractivity contribution in [2.45, 2.75) is 19.9 Å². The molecule has 1 heterocycles. The molecule has 0 fully saturated rings. The van der Waals surface area contributed by atoms with E-state index >= 15 is 0 Å². The summed E-state index contributed by atoms with van der Waals surface area (Å²) in [6.45, 7) is 3.79. The SMILES string of the molecule is Cc1cc(C)cc(C(NC(=O)c2cc(Br)cn2C)C(=O)O)c1. The summed E-state index contributed by atoms with van der Waals surface area (Å²) in [5.74, 6) is -1.52. The lowest BCUT2D eigenvalue weighted by Gasteiger charge is -2.16. The fourth-order valence-corrected chi connectivity index (χ4v) is 2.94. The summed E-state index contributed by atoms with van der Waals surface area (Å²) in [7, 11) is 1.73. The van der Waals surface area contributed by atoms with E-state index in [-0.39, 0.29) is 0 Å². The van der Waals surface area contributed by atoms with Crippen molar-refractivity contribution in [1.82, 2.24) is 9.88 Å². The van der Waals surface area contributed by atoms with Gasteiger partial charge in [0.05, 0.1) is 0 Å². The number of aliphatic carboxylic acids is 1. The van der Waals surface area contributed by atoms with Crippen molar-refractivity contribution < 1.29 is 14.7 Å². The van der Waals surface area contributed by atoms with Crippen LogP contribution in [0.2, 0.25) is 0 Å². The Kier molecular flexibility index (Phi) is 4.71. The molecule has 0 aliphatic heterocycles. The Bertz CT molecular complexity index is 717. The van der Waals surface area contributed by atoms with Crippen LogP contribution in [0.1, 0.15) is 33.2 Å². The maximum absolute atomic E-state index is 12.3. The molecule has 2 rings (SSSR count). The molecule has 2 N–H and O–H groups in total. The van der Waals surface area contributed by atoms with E-state index in [1.165, 1.54) is 0 Å². The third kappa shape index (κ3) is 3.57. The summed E-state index contributed by atoms with van der Waals surface area (Å²) in [4.78, 5) is 23.9. The van der Waals surface area contributed by atoms with Crippen LogP contribution < -0.4 is 5.32 Å². The predicted octanol–water partition coefficient (Wildman–Crippen LogP) is 2.96. The number of nitrogens with one attached hydrogen (secondary N) is 1. The van der Waals surface area contributed by atoms with Gasteiger partial charge in [0, 0.05) is 17.7 Å². The van der Waals surface area contributed by atoms with Crippen LogP contribution in [0.25, 0.3) is 0 Å². The highest BCUT2D eigenvalue weighted by atomic mass is 79.9. The van der Waals surface area contributed by atoms with Crippen molar-refractivity contribution in [3.63, 3.8) is 0 Å². The first-order valence-corrected chi connectivity index (χ1v) is 7.51. The van der Waals surface area contributed by atoms with Gasteiger partial charge in [0.25, 0.3) is 5.91 Å². The van der Waals surface area contributed by atoms with Gasteiger partial charge in [-0.1, -0.05) is 29.3 Å². The molecule has 0 saturated carbocycles. The lowest BCUT2D eigenvalue weighted by molar-refractivity contribution is -0.139. The Hall–Kier alpha value is -2.08. The lowest BCUT2D eigenvalue weighted by Crippen LogP contribution is -2.34. The Balaban J connectivity index is 2.31. The average molecular weight is 365 g/mol. The van der Waals surface area contributed by atoms with E-state index < -0.39 is 17.9 Å². The van der Waals surface area contributed by atoms with Gasteiger partial charge < -0.3 is 15.0 Å². The van der Waals surface area contributed by atoms with E-state index in [1.807, 2.05) is 19.9 Å². The van der Waals surface area contributed by atoms with E-state index in [9.17, 15) is 14.7 Å². The predicted molar refractivity (Wildman–Crippen MR) is 86.9 cm³/mol. The van der Waals surface area contributed by atoms with E-state index in [0.29, 0.717) is 11.3 Å². The van der Waals surface area contributed by atoms with E-state index in [1.54, 1.807) is 36.0 Å². The highest BCUT2D eigenvalue weighted by molar-refractivity contribution is 9.10. The van der Waals surface area contributed by atoms with Crippen molar-refractivity contribution >= 4 is 27.8 Å². The third-order valence-corrected chi connectivity index (χ3v) is 3.74. The first kappa shape index (κ1) is 16.3. The van der Waals surface area contributed by atoms with Crippen LogP contribution in [-0.2, 0) is 11.8 Å². The van der Waals surface area contributed by atoms with Gasteiger partial charge >= 0.3 is 5.97 Å². The number of benzene rings is 1. The van der Waals surface area contributed by atoms with Crippen molar-refractivity contribution in [1.29, 1.82) is 0 Å². The zero-order chi connectivity index (χ0) is 16.4. The Morgan fingerprint density at radius 3 is 2.23 bits per heavy atom. The fourth-order valence-electron chi connectivity index (χ4n) is 2.42. The highest BCUT2D eigenvalue weighted by Crippen LogP contribution is 2.19. The maximum Gasteiger partial charge on any atom is 0.330 e. The van der Waals surface area contributed by atoms with Crippen LogP contribution in [0.4, 0.5) is 0 Å². The van der Waals surface area contributed by atoms with Crippen molar-refractivity contribution in [3.05, 3.63) is 57.3 Å². The number of amides is 1. The van der Waals surface area contributed by atoms with E-state index in [4.69, 9.17) is 0 Å². The monoisotopic (exact) mass is 364 g/mol. The molecular formula is C16H17BrN2O3. The van der Waals surface area contributed by atoms with Gasteiger partial charge in [-0.05, 0) is 41.4 Å². The molecule has 2 aromatic rings. The smallest absolute Gasteiger partial charge is 0.330 e. The van der Waals surface area contributed by atoms with Gasteiger partial charge in [0.1, 0.15) is 5.69 Å². The lowest BCUT2D eigenvalue weighted by atomic mass is 10.0. The normalized spacial score (nSPS) is 12.0. The van der Waals surface area contributed by atoms with Gasteiger partial charge in [-0.25, -0.2) is 4.79 Å². The van der Waals surface area contributed by atoms with Crippen molar-refractivity contribution in [3.8, 4) is 0 Å². The number of aryl methyl sites for hydroxylation is 3. The Labute approximate surface area is 137 Å². The summed E-state index contributed by atoms with van der Waals surface area (Å²) in [6.07, 6.45) is 1.74. The molecular weight excluding hydrogens is 348 g/mol. The molecule has 0 radical (unpaired) electrons. The second-order valence-corrected chi connectivity index (χ2v) is 6.24. The van der Waals surface area contributed by atoms with Crippen LogP contribution >= 0.6 is 15.9 Å². The molecule has 0 aliphatic rings. The number of halogens is 1. The molecule has 0 spiro atoms. The second kappa shape index (κ2) is 6.36. The van der Waals surface area contributed by atoms with Gasteiger partial charge in [-0.15, -0.1) is 0 Å².